The Labute approximate surface area is 122 Å². The molecule has 0 spiro atoms. The number of aryl methyl sites for hydroxylation is 1. The first kappa shape index (κ1) is 15.3. The maximum atomic E-state index is 12.8. The quantitative estimate of drug-likeness (QED) is 0.915. The number of hydrogen-bond acceptors (Lipinski definition) is 4. The zero-order valence-electron chi connectivity index (χ0n) is 11.0. The molecule has 3 N–H and O–H groups in total. The lowest BCUT2D eigenvalue weighted by molar-refractivity contribution is -0.141. The van der Waals surface area contributed by atoms with Crippen molar-refractivity contribution in [1.82, 2.24) is 10.3 Å². The summed E-state index contributed by atoms with van der Waals surface area (Å²) in [5, 5.41) is 2.17. The number of carbonyl (C=O) groups excluding carboxylic acids is 1. The fraction of sp³-hybridized carbons (Fsp3) is 0.231. The molecule has 1 aromatic carbocycles. The van der Waals surface area contributed by atoms with Crippen LogP contribution in [0.15, 0.2) is 24.3 Å². The van der Waals surface area contributed by atoms with Gasteiger partial charge < -0.3 is 11.1 Å². The predicted molar refractivity (Wildman–Crippen MR) is 73.9 cm³/mol. The monoisotopic (exact) mass is 315 g/mol. The van der Waals surface area contributed by atoms with Gasteiger partial charge in [0, 0.05) is 6.54 Å². The highest BCUT2D eigenvalue weighted by Gasteiger charge is 2.39. The highest BCUT2D eigenvalue weighted by Crippen LogP contribution is 2.35. The average Bonchev–Trinajstić information content (AvgIpc) is 2.80. The number of nitrogen functional groups attached to an aromatic ring is 1. The van der Waals surface area contributed by atoms with E-state index in [1.165, 1.54) is 0 Å². The van der Waals surface area contributed by atoms with Gasteiger partial charge in [0.05, 0.1) is 0 Å². The molecule has 0 aliphatic rings. The van der Waals surface area contributed by atoms with Crippen molar-refractivity contribution in [3.05, 3.63) is 46.0 Å². The van der Waals surface area contributed by atoms with Crippen LogP contribution in [0.5, 0.6) is 0 Å². The third-order valence-electron chi connectivity index (χ3n) is 2.82. The van der Waals surface area contributed by atoms with E-state index in [1.54, 1.807) is 12.1 Å². The van der Waals surface area contributed by atoms with Crippen molar-refractivity contribution in [2.45, 2.75) is 19.6 Å². The molecule has 1 amide bonds. The van der Waals surface area contributed by atoms with E-state index in [2.05, 4.69) is 10.3 Å². The van der Waals surface area contributed by atoms with E-state index in [9.17, 15) is 18.0 Å². The van der Waals surface area contributed by atoms with Gasteiger partial charge in [0.1, 0.15) is 4.88 Å². The van der Waals surface area contributed by atoms with Crippen molar-refractivity contribution >= 4 is 22.4 Å². The number of rotatable bonds is 3. The molecule has 21 heavy (non-hydrogen) atoms. The van der Waals surface area contributed by atoms with Crippen LogP contribution < -0.4 is 11.1 Å². The summed E-state index contributed by atoms with van der Waals surface area (Å²) in [5.41, 5.74) is 5.80. The molecular weight excluding hydrogens is 303 g/mol. The second kappa shape index (κ2) is 5.72. The number of amides is 1. The topological polar surface area (TPSA) is 68.0 Å². The van der Waals surface area contributed by atoms with Crippen molar-refractivity contribution in [2.75, 3.05) is 5.73 Å². The maximum absolute atomic E-state index is 12.8. The summed E-state index contributed by atoms with van der Waals surface area (Å²) >= 11 is 0.523. The lowest BCUT2D eigenvalue weighted by Crippen LogP contribution is -2.25. The Hall–Kier alpha value is -2.09. The SMILES string of the molecule is Cc1ccccc1CNC(=O)c1sc(N)nc1C(F)(F)F. The molecule has 0 aliphatic carbocycles. The number of nitrogens with two attached hydrogens (primary N) is 1. The molecule has 1 heterocycles. The Bertz CT molecular complexity index is 667. The molecule has 0 saturated carbocycles. The molecule has 0 radical (unpaired) electrons. The number of thiazole rings is 1. The molecule has 0 saturated heterocycles. The van der Waals surface area contributed by atoms with Gasteiger partial charge in [0.25, 0.3) is 5.91 Å². The van der Waals surface area contributed by atoms with Gasteiger partial charge in [-0.15, -0.1) is 0 Å². The second-order valence-electron chi connectivity index (χ2n) is 4.34. The van der Waals surface area contributed by atoms with Crippen molar-refractivity contribution in [3.63, 3.8) is 0 Å². The van der Waals surface area contributed by atoms with Crippen LogP contribution >= 0.6 is 11.3 Å². The standard InChI is InChI=1S/C13H12F3N3OS/c1-7-4-2-3-5-8(7)6-18-11(20)9-10(13(14,15)16)19-12(17)21-9/h2-5H,6H2,1H3,(H2,17,19)(H,18,20). The third kappa shape index (κ3) is 3.52. The number of carbonyl (C=O) groups is 1. The second-order valence-corrected chi connectivity index (χ2v) is 5.37. The van der Waals surface area contributed by atoms with Gasteiger partial charge >= 0.3 is 6.18 Å². The Morgan fingerprint density at radius 1 is 1.38 bits per heavy atom. The summed E-state index contributed by atoms with van der Waals surface area (Å²) in [6, 6.07) is 7.28. The molecule has 0 unspecified atom stereocenters. The Kier molecular flexibility index (Phi) is 4.17. The van der Waals surface area contributed by atoms with Crippen LogP contribution in [0.4, 0.5) is 18.3 Å². The van der Waals surface area contributed by atoms with Gasteiger partial charge in [-0.05, 0) is 18.1 Å². The van der Waals surface area contributed by atoms with Crippen molar-refractivity contribution in [1.29, 1.82) is 0 Å². The molecule has 4 nitrogen and oxygen atoms in total. The molecule has 0 bridgehead atoms. The van der Waals surface area contributed by atoms with E-state index >= 15 is 0 Å². The smallest absolute Gasteiger partial charge is 0.375 e. The predicted octanol–water partition coefficient (Wildman–Crippen LogP) is 2.98. The first-order valence-corrected chi connectivity index (χ1v) is 6.77. The number of anilines is 1. The number of benzene rings is 1. The molecule has 1 aromatic heterocycles. The van der Waals surface area contributed by atoms with Crippen LogP contribution in [-0.4, -0.2) is 10.9 Å². The van der Waals surface area contributed by atoms with Crippen molar-refractivity contribution < 1.29 is 18.0 Å². The molecule has 2 rings (SSSR count). The number of hydrogen-bond donors (Lipinski definition) is 2. The van der Waals surface area contributed by atoms with Crippen molar-refractivity contribution in [2.24, 2.45) is 0 Å². The normalized spacial score (nSPS) is 11.4. The number of alkyl halides is 3. The summed E-state index contributed by atoms with van der Waals surface area (Å²) < 4.78 is 38.3. The van der Waals surface area contributed by atoms with E-state index in [0.717, 1.165) is 11.1 Å². The number of aromatic nitrogens is 1. The lowest BCUT2D eigenvalue weighted by Gasteiger charge is -2.08. The average molecular weight is 315 g/mol. The Morgan fingerprint density at radius 3 is 2.67 bits per heavy atom. The Morgan fingerprint density at radius 2 is 2.05 bits per heavy atom. The fourth-order valence-corrected chi connectivity index (χ4v) is 2.52. The van der Waals surface area contributed by atoms with Gasteiger partial charge in [-0.2, -0.15) is 13.2 Å². The van der Waals surface area contributed by atoms with Crippen LogP contribution in [0, 0.1) is 6.92 Å². The molecular formula is C13H12F3N3OS. The summed E-state index contributed by atoms with van der Waals surface area (Å²) in [7, 11) is 0. The van der Waals surface area contributed by atoms with Crippen LogP contribution in [-0.2, 0) is 12.7 Å². The van der Waals surface area contributed by atoms with Crippen LogP contribution in [0.2, 0.25) is 0 Å². The highest BCUT2D eigenvalue weighted by atomic mass is 32.1. The number of halogens is 3. The summed E-state index contributed by atoms with van der Waals surface area (Å²) in [6.07, 6.45) is -4.70. The Balaban J connectivity index is 2.17. The zero-order valence-corrected chi connectivity index (χ0v) is 11.8. The van der Waals surface area contributed by atoms with Crippen LogP contribution in [0.3, 0.4) is 0 Å². The number of nitrogens with one attached hydrogen (secondary N) is 1. The van der Waals surface area contributed by atoms with E-state index in [-0.39, 0.29) is 11.7 Å². The van der Waals surface area contributed by atoms with Gasteiger partial charge in [-0.25, -0.2) is 4.98 Å². The highest BCUT2D eigenvalue weighted by molar-refractivity contribution is 7.17. The molecule has 0 fully saturated rings. The minimum atomic E-state index is -4.70. The van der Waals surface area contributed by atoms with E-state index < -0.39 is 22.7 Å². The number of nitrogens with zero attached hydrogens (tertiary/aromatic N) is 1. The summed E-state index contributed by atoms with van der Waals surface area (Å²) in [6.45, 7) is 1.99. The molecule has 0 aliphatic heterocycles. The van der Waals surface area contributed by atoms with Gasteiger partial charge in [-0.3, -0.25) is 4.79 Å². The minimum Gasteiger partial charge on any atom is -0.375 e. The zero-order chi connectivity index (χ0) is 15.6. The van der Waals surface area contributed by atoms with Crippen LogP contribution in [0.1, 0.15) is 26.5 Å². The van der Waals surface area contributed by atoms with E-state index in [1.807, 2.05) is 19.1 Å². The molecule has 0 atom stereocenters. The molecule has 8 heteroatoms. The van der Waals surface area contributed by atoms with Gasteiger partial charge in [0.2, 0.25) is 0 Å². The third-order valence-corrected chi connectivity index (χ3v) is 3.70. The maximum Gasteiger partial charge on any atom is 0.435 e. The first-order valence-electron chi connectivity index (χ1n) is 5.95. The lowest BCUT2D eigenvalue weighted by atomic mass is 10.1. The first-order chi connectivity index (χ1) is 9.79. The van der Waals surface area contributed by atoms with E-state index in [4.69, 9.17) is 5.73 Å². The summed E-state index contributed by atoms with van der Waals surface area (Å²) in [4.78, 5) is 14.6. The van der Waals surface area contributed by atoms with Crippen molar-refractivity contribution in [3.8, 4) is 0 Å². The minimum absolute atomic E-state index is 0.139. The van der Waals surface area contributed by atoms with Gasteiger partial charge in [-0.1, -0.05) is 35.6 Å². The van der Waals surface area contributed by atoms with Crippen LogP contribution in [0.25, 0.3) is 0 Å². The van der Waals surface area contributed by atoms with Gasteiger partial charge in [0.15, 0.2) is 10.8 Å². The largest absolute Gasteiger partial charge is 0.435 e. The summed E-state index contributed by atoms with van der Waals surface area (Å²) in [5.74, 6) is -0.834. The molecule has 2 aromatic rings. The van der Waals surface area contributed by atoms with E-state index in [0.29, 0.717) is 11.3 Å². The molecule has 112 valence electrons. The fourth-order valence-electron chi connectivity index (χ4n) is 1.75.